The summed E-state index contributed by atoms with van der Waals surface area (Å²) in [6, 6.07) is 2.03. The van der Waals surface area contributed by atoms with Crippen LogP contribution in [0.3, 0.4) is 0 Å². The monoisotopic (exact) mass is 331 g/mol. The zero-order valence-electron chi connectivity index (χ0n) is 13.8. The predicted molar refractivity (Wildman–Crippen MR) is 92.1 cm³/mol. The fraction of sp³-hybridized carbons (Fsp3) is 0.438. The van der Waals surface area contributed by atoms with Gasteiger partial charge >= 0.3 is 0 Å². The van der Waals surface area contributed by atoms with Gasteiger partial charge in [-0.15, -0.1) is 11.3 Å². The van der Waals surface area contributed by atoms with Crippen molar-refractivity contribution in [2.45, 2.75) is 46.3 Å². The number of nitrogens with zero attached hydrogens (tertiary/aromatic N) is 4. The predicted octanol–water partition coefficient (Wildman–Crippen LogP) is 2.31. The van der Waals surface area contributed by atoms with Gasteiger partial charge in [-0.1, -0.05) is 0 Å². The molecule has 2 atom stereocenters. The van der Waals surface area contributed by atoms with E-state index in [-0.39, 0.29) is 17.6 Å². The van der Waals surface area contributed by atoms with Crippen molar-refractivity contribution in [3.8, 4) is 0 Å². The van der Waals surface area contributed by atoms with Gasteiger partial charge in [-0.2, -0.15) is 5.10 Å². The molecule has 6 nitrogen and oxygen atoms in total. The van der Waals surface area contributed by atoms with Gasteiger partial charge < -0.3 is 5.32 Å². The Labute approximate surface area is 138 Å². The van der Waals surface area contributed by atoms with E-state index in [1.807, 2.05) is 36.3 Å². The second kappa shape index (κ2) is 6.25. The van der Waals surface area contributed by atoms with E-state index in [2.05, 4.69) is 29.2 Å². The van der Waals surface area contributed by atoms with Crippen molar-refractivity contribution in [3.63, 3.8) is 0 Å². The average molecular weight is 331 g/mol. The molecule has 3 aromatic rings. The molecule has 0 aliphatic carbocycles. The van der Waals surface area contributed by atoms with E-state index < -0.39 is 0 Å². The lowest BCUT2D eigenvalue weighted by atomic mass is 10.1. The SMILES string of the molecule is Cc1cnn(C(C)C(C)NCc2cc(=O)n3c(C)csc3n2)c1. The van der Waals surface area contributed by atoms with Crippen LogP contribution in [0, 0.1) is 13.8 Å². The lowest BCUT2D eigenvalue weighted by molar-refractivity contribution is 0.363. The van der Waals surface area contributed by atoms with Crippen LogP contribution in [0.1, 0.15) is 36.8 Å². The summed E-state index contributed by atoms with van der Waals surface area (Å²) in [7, 11) is 0. The highest BCUT2D eigenvalue weighted by molar-refractivity contribution is 7.15. The van der Waals surface area contributed by atoms with Gasteiger partial charge in [-0.25, -0.2) is 4.98 Å². The maximum Gasteiger partial charge on any atom is 0.259 e. The Morgan fingerprint density at radius 2 is 2.13 bits per heavy atom. The third-order valence-electron chi connectivity index (χ3n) is 4.11. The number of thiazole rings is 1. The molecule has 2 unspecified atom stereocenters. The molecule has 0 saturated carbocycles. The minimum atomic E-state index is -0.0195. The minimum Gasteiger partial charge on any atom is -0.307 e. The van der Waals surface area contributed by atoms with Crippen molar-refractivity contribution in [3.05, 3.63) is 51.1 Å². The molecular weight excluding hydrogens is 310 g/mol. The zero-order valence-corrected chi connectivity index (χ0v) is 14.6. The van der Waals surface area contributed by atoms with Gasteiger partial charge in [-0.05, 0) is 33.3 Å². The number of aryl methyl sites for hydroxylation is 2. The van der Waals surface area contributed by atoms with Crippen LogP contribution in [-0.2, 0) is 6.54 Å². The van der Waals surface area contributed by atoms with Gasteiger partial charge in [0.05, 0.1) is 17.9 Å². The summed E-state index contributed by atoms with van der Waals surface area (Å²) in [6.45, 7) is 8.75. The highest BCUT2D eigenvalue weighted by Crippen LogP contribution is 2.13. The van der Waals surface area contributed by atoms with Crippen molar-refractivity contribution in [1.82, 2.24) is 24.5 Å². The number of aromatic nitrogens is 4. The van der Waals surface area contributed by atoms with E-state index in [4.69, 9.17) is 0 Å². The number of hydrogen-bond acceptors (Lipinski definition) is 5. The molecule has 122 valence electrons. The summed E-state index contributed by atoms with van der Waals surface area (Å²) in [6.07, 6.45) is 3.90. The van der Waals surface area contributed by atoms with E-state index in [0.29, 0.717) is 6.54 Å². The Balaban J connectivity index is 1.71. The molecule has 3 aromatic heterocycles. The normalized spacial score (nSPS) is 14.3. The molecule has 0 bridgehead atoms. The van der Waals surface area contributed by atoms with Crippen LogP contribution < -0.4 is 10.9 Å². The Hall–Kier alpha value is -1.99. The molecule has 23 heavy (non-hydrogen) atoms. The number of nitrogens with one attached hydrogen (secondary N) is 1. The third kappa shape index (κ3) is 3.20. The molecule has 0 spiro atoms. The summed E-state index contributed by atoms with van der Waals surface area (Å²) in [5.74, 6) is 0. The van der Waals surface area contributed by atoms with Crippen molar-refractivity contribution in [2.75, 3.05) is 0 Å². The summed E-state index contributed by atoms with van der Waals surface area (Å²) in [5, 5.41) is 9.75. The van der Waals surface area contributed by atoms with E-state index in [0.717, 1.165) is 21.9 Å². The van der Waals surface area contributed by atoms with Crippen molar-refractivity contribution < 1.29 is 0 Å². The van der Waals surface area contributed by atoms with Crippen LogP contribution >= 0.6 is 11.3 Å². The minimum absolute atomic E-state index is 0.0195. The smallest absolute Gasteiger partial charge is 0.259 e. The topological polar surface area (TPSA) is 64.2 Å². The summed E-state index contributed by atoms with van der Waals surface area (Å²) in [4.78, 5) is 17.5. The van der Waals surface area contributed by atoms with E-state index in [1.165, 1.54) is 11.3 Å². The van der Waals surface area contributed by atoms with Crippen molar-refractivity contribution in [1.29, 1.82) is 0 Å². The average Bonchev–Trinajstić information content (AvgIpc) is 3.10. The van der Waals surface area contributed by atoms with Gasteiger partial charge in [-0.3, -0.25) is 13.9 Å². The van der Waals surface area contributed by atoms with Crippen molar-refractivity contribution >= 4 is 16.3 Å². The van der Waals surface area contributed by atoms with E-state index in [9.17, 15) is 4.79 Å². The summed E-state index contributed by atoms with van der Waals surface area (Å²) in [5.41, 5.74) is 2.83. The number of rotatable bonds is 5. The van der Waals surface area contributed by atoms with Gasteiger partial charge in [0.25, 0.3) is 5.56 Å². The number of hydrogen-bond donors (Lipinski definition) is 1. The molecule has 3 heterocycles. The Kier molecular flexibility index (Phi) is 4.32. The second-order valence-electron chi connectivity index (χ2n) is 5.99. The molecule has 0 aromatic carbocycles. The van der Waals surface area contributed by atoms with Gasteiger partial charge in [0.1, 0.15) is 0 Å². The quantitative estimate of drug-likeness (QED) is 0.779. The highest BCUT2D eigenvalue weighted by Gasteiger charge is 2.15. The maximum absolute atomic E-state index is 12.2. The number of fused-ring (bicyclic) bond motifs is 1. The largest absolute Gasteiger partial charge is 0.307 e. The second-order valence-corrected chi connectivity index (χ2v) is 6.83. The molecule has 0 aliphatic rings. The lowest BCUT2D eigenvalue weighted by Gasteiger charge is -2.21. The van der Waals surface area contributed by atoms with Gasteiger partial charge in [0.15, 0.2) is 4.96 Å². The highest BCUT2D eigenvalue weighted by atomic mass is 32.1. The van der Waals surface area contributed by atoms with Crippen LogP contribution in [0.4, 0.5) is 0 Å². The first-order valence-corrected chi connectivity index (χ1v) is 8.54. The Bertz CT molecular complexity index is 878. The Morgan fingerprint density at radius 3 is 2.83 bits per heavy atom. The molecule has 0 amide bonds. The molecule has 3 rings (SSSR count). The van der Waals surface area contributed by atoms with Crippen LogP contribution in [0.2, 0.25) is 0 Å². The first-order chi connectivity index (χ1) is 11.0. The molecule has 1 N–H and O–H groups in total. The molecule has 0 fully saturated rings. The van der Waals surface area contributed by atoms with Crippen LogP contribution in [0.25, 0.3) is 4.96 Å². The molecule has 0 radical (unpaired) electrons. The first-order valence-electron chi connectivity index (χ1n) is 7.66. The lowest BCUT2D eigenvalue weighted by Crippen LogP contribution is -2.34. The van der Waals surface area contributed by atoms with Gasteiger partial charge in [0.2, 0.25) is 0 Å². The van der Waals surface area contributed by atoms with Gasteiger partial charge in [0, 0.05) is 35.9 Å². The van der Waals surface area contributed by atoms with Crippen LogP contribution in [0.15, 0.2) is 28.6 Å². The summed E-state index contributed by atoms with van der Waals surface area (Å²) < 4.78 is 3.61. The van der Waals surface area contributed by atoms with Crippen molar-refractivity contribution in [2.24, 2.45) is 0 Å². The van der Waals surface area contributed by atoms with Crippen LogP contribution in [-0.4, -0.2) is 25.2 Å². The maximum atomic E-state index is 12.2. The van der Waals surface area contributed by atoms with E-state index >= 15 is 0 Å². The fourth-order valence-electron chi connectivity index (χ4n) is 2.51. The van der Waals surface area contributed by atoms with Crippen LogP contribution in [0.5, 0.6) is 0 Å². The third-order valence-corrected chi connectivity index (χ3v) is 5.05. The molecule has 0 saturated heterocycles. The molecular formula is C16H21N5OS. The fourth-order valence-corrected chi connectivity index (χ4v) is 3.40. The first kappa shape index (κ1) is 15.9. The molecule has 0 aliphatic heterocycles. The Morgan fingerprint density at radius 1 is 1.35 bits per heavy atom. The standard InChI is InChI=1S/C16H21N5OS/c1-10-6-18-20(8-10)13(4)12(3)17-7-14-5-15(22)21-11(2)9-23-16(21)19-14/h5-6,8-9,12-13,17H,7H2,1-4H3. The zero-order chi connectivity index (χ0) is 16.6. The molecule has 7 heteroatoms. The summed E-state index contributed by atoms with van der Waals surface area (Å²) >= 11 is 1.49. The van der Waals surface area contributed by atoms with E-state index in [1.54, 1.807) is 10.5 Å².